The summed E-state index contributed by atoms with van der Waals surface area (Å²) >= 11 is 5.63. The molecule has 18 heavy (non-hydrogen) atoms. The number of hydrogen-bond donors (Lipinski definition) is 0. The topological polar surface area (TPSA) is 45.9 Å². The molecule has 5 heteroatoms. The summed E-state index contributed by atoms with van der Waals surface area (Å²) in [5, 5.41) is 9.15. The second kappa shape index (κ2) is 5.48. The van der Waals surface area contributed by atoms with Gasteiger partial charge in [-0.3, -0.25) is 0 Å². The first-order chi connectivity index (χ1) is 8.70. The van der Waals surface area contributed by atoms with E-state index in [2.05, 4.69) is 4.98 Å². The summed E-state index contributed by atoms with van der Waals surface area (Å²) < 4.78 is 18.7. The Hall–Kier alpha value is -2.12. The standard InChI is InChI=1S/C13H8ClFN2O/c14-10-3-4-13(11(15)6-10)18-8-9-2-1-5-17-12(9)7-16/h1-6H,8H2. The molecule has 3 nitrogen and oxygen atoms in total. The van der Waals surface area contributed by atoms with Crippen LogP contribution in [0.5, 0.6) is 5.75 Å². The van der Waals surface area contributed by atoms with Crippen LogP contribution < -0.4 is 4.74 Å². The second-order valence-electron chi connectivity index (χ2n) is 3.49. The lowest BCUT2D eigenvalue weighted by Gasteiger charge is -2.08. The molecule has 0 saturated carbocycles. The van der Waals surface area contributed by atoms with E-state index in [-0.39, 0.29) is 18.1 Å². The Morgan fingerprint density at radius 2 is 2.22 bits per heavy atom. The summed E-state index contributed by atoms with van der Waals surface area (Å²) in [6.07, 6.45) is 1.52. The third-order valence-electron chi connectivity index (χ3n) is 2.27. The quantitative estimate of drug-likeness (QED) is 0.852. The molecule has 0 fully saturated rings. The van der Waals surface area contributed by atoms with E-state index in [0.29, 0.717) is 10.6 Å². The molecule has 1 aromatic heterocycles. The Labute approximate surface area is 108 Å². The van der Waals surface area contributed by atoms with E-state index < -0.39 is 5.82 Å². The van der Waals surface area contributed by atoms with E-state index in [1.54, 1.807) is 12.1 Å². The van der Waals surface area contributed by atoms with Crippen molar-refractivity contribution in [2.45, 2.75) is 6.61 Å². The summed E-state index contributed by atoms with van der Waals surface area (Å²) in [4.78, 5) is 3.89. The number of hydrogen-bond acceptors (Lipinski definition) is 3. The van der Waals surface area contributed by atoms with Crippen LogP contribution in [0, 0.1) is 17.1 Å². The normalized spacial score (nSPS) is 9.83. The van der Waals surface area contributed by atoms with Crippen molar-refractivity contribution in [2.24, 2.45) is 0 Å². The van der Waals surface area contributed by atoms with Gasteiger partial charge in [0.1, 0.15) is 18.4 Å². The fourth-order valence-corrected chi connectivity index (χ4v) is 1.56. The molecule has 1 aromatic carbocycles. The Bertz CT molecular complexity index is 610. The van der Waals surface area contributed by atoms with Gasteiger partial charge in [0.05, 0.1) is 0 Å². The Kier molecular flexibility index (Phi) is 3.75. The van der Waals surface area contributed by atoms with Gasteiger partial charge in [0.15, 0.2) is 11.6 Å². The van der Waals surface area contributed by atoms with Crippen molar-refractivity contribution in [2.75, 3.05) is 0 Å². The van der Waals surface area contributed by atoms with E-state index in [9.17, 15) is 4.39 Å². The summed E-state index contributed by atoms with van der Waals surface area (Å²) in [6, 6.07) is 9.50. The second-order valence-corrected chi connectivity index (χ2v) is 3.92. The molecule has 0 aliphatic heterocycles. The average molecular weight is 263 g/mol. The predicted octanol–water partition coefficient (Wildman–Crippen LogP) is 3.32. The maximum absolute atomic E-state index is 13.4. The smallest absolute Gasteiger partial charge is 0.166 e. The SMILES string of the molecule is N#Cc1ncccc1COc1ccc(Cl)cc1F. The minimum absolute atomic E-state index is 0.0787. The molecule has 0 N–H and O–H groups in total. The third kappa shape index (κ3) is 2.76. The summed E-state index contributed by atoms with van der Waals surface area (Å²) in [7, 11) is 0. The highest BCUT2D eigenvalue weighted by Gasteiger charge is 2.07. The highest BCUT2D eigenvalue weighted by molar-refractivity contribution is 6.30. The van der Waals surface area contributed by atoms with Crippen molar-refractivity contribution < 1.29 is 9.13 Å². The van der Waals surface area contributed by atoms with Crippen LogP contribution in [0.3, 0.4) is 0 Å². The molecule has 0 saturated heterocycles. The van der Waals surface area contributed by atoms with Gasteiger partial charge in [0, 0.05) is 16.8 Å². The van der Waals surface area contributed by atoms with Gasteiger partial charge >= 0.3 is 0 Å². The van der Waals surface area contributed by atoms with Gasteiger partial charge in [-0.25, -0.2) is 9.37 Å². The lowest BCUT2D eigenvalue weighted by Crippen LogP contribution is -2.01. The van der Waals surface area contributed by atoms with Gasteiger partial charge in [-0.15, -0.1) is 0 Å². The first-order valence-corrected chi connectivity index (χ1v) is 5.50. The maximum Gasteiger partial charge on any atom is 0.166 e. The molecular formula is C13H8ClFN2O. The minimum atomic E-state index is -0.537. The van der Waals surface area contributed by atoms with Crippen LogP contribution in [0.2, 0.25) is 5.02 Å². The van der Waals surface area contributed by atoms with Crippen LogP contribution in [0.1, 0.15) is 11.3 Å². The minimum Gasteiger partial charge on any atom is -0.486 e. The molecule has 0 radical (unpaired) electrons. The fraction of sp³-hybridized carbons (Fsp3) is 0.0769. The molecule has 90 valence electrons. The molecule has 0 aliphatic carbocycles. The zero-order valence-electron chi connectivity index (χ0n) is 9.23. The highest BCUT2D eigenvalue weighted by atomic mass is 35.5. The van der Waals surface area contributed by atoms with Gasteiger partial charge in [-0.05, 0) is 24.3 Å². The average Bonchev–Trinajstić information content (AvgIpc) is 2.38. The summed E-state index contributed by atoms with van der Waals surface area (Å²) in [6.45, 7) is 0.0787. The van der Waals surface area contributed by atoms with Crippen LogP contribution >= 0.6 is 11.6 Å². The molecular weight excluding hydrogens is 255 g/mol. The largest absolute Gasteiger partial charge is 0.486 e. The van der Waals surface area contributed by atoms with Crippen LogP contribution in [-0.2, 0) is 6.61 Å². The van der Waals surface area contributed by atoms with Crippen molar-refractivity contribution >= 4 is 11.6 Å². The third-order valence-corrected chi connectivity index (χ3v) is 2.51. The van der Waals surface area contributed by atoms with E-state index >= 15 is 0 Å². The monoisotopic (exact) mass is 262 g/mol. The lowest BCUT2D eigenvalue weighted by molar-refractivity contribution is 0.289. The zero-order valence-corrected chi connectivity index (χ0v) is 9.99. The van der Waals surface area contributed by atoms with Crippen molar-refractivity contribution in [3.8, 4) is 11.8 Å². The van der Waals surface area contributed by atoms with E-state index in [1.807, 2.05) is 6.07 Å². The molecule has 0 spiro atoms. The summed E-state index contributed by atoms with van der Waals surface area (Å²) in [5.74, 6) is -0.447. The van der Waals surface area contributed by atoms with Gasteiger partial charge in [0.25, 0.3) is 0 Å². The number of aromatic nitrogens is 1. The van der Waals surface area contributed by atoms with Crippen molar-refractivity contribution in [3.63, 3.8) is 0 Å². The molecule has 2 aromatic rings. The predicted molar refractivity (Wildman–Crippen MR) is 64.7 cm³/mol. The number of benzene rings is 1. The molecule has 1 heterocycles. The molecule has 2 rings (SSSR count). The first-order valence-electron chi connectivity index (χ1n) is 5.12. The molecule has 0 atom stereocenters. The van der Waals surface area contributed by atoms with E-state index in [4.69, 9.17) is 21.6 Å². The fourth-order valence-electron chi connectivity index (χ4n) is 1.40. The van der Waals surface area contributed by atoms with Crippen molar-refractivity contribution in [1.29, 1.82) is 5.26 Å². The van der Waals surface area contributed by atoms with Crippen LogP contribution in [0.15, 0.2) is 36.5 Å². The van der Waals surface area contributed by atoms with Crippen LogP contribution in [0.4, 0.5) is 4.39 Å². The first kappa shape index (κ1) is 12.3. The van der Waals surface area contributed by atoms with Gasteiger partial charge in [0.2, 0.25) is 0 Å². The van der Waals surface area contributed by atoms with Crippen LogP contribution in [-0.4, -0.2) is 4.98 Å². The summed E-state index contributed by atoms with van der Waals surface area (Å²) in [5.41, 5.74) is 0.876. The maximum atomic E-state index is 13.4. The molecule has 0 amide bonds. The number of nitriles is 1. The van der Waals surface area contributed by atoms with Gasteiger partial charge in [-0.2, -0.15) is 5.26 Å². The highest BCUT2D eigenvalue weighted by Crippen LogP contribution is 2.22. The van der Waals surface area contributed by atoms with Crippen molar-refractivity contribution in [3.05, 3.63) is 58.6 Å². The molecule has 0 aliphatic rings. The molecule has 0 unspecified atom stereocenters. The number of rotatable bonds is 3. The van der Waals surface area contributed by atoms with Gasteiger partial charge < -0.3 is 4.74 Å². The van der Waals surface area contributed by atoms with Gasteiger partial charge in [-0.1, -0.05) is 17.7 Å². The lowest BCUT2D eigenvalue weighted by atomic mass is 10.2. The van der Waals surface area contributed by atoms with Crippen LogP contribution in [0.25, 0.3) is 0 Å². The number of ether oxygens (including phenoxy) is 1. The number of nitrogens with zero attached hydrogens (tertiary/aromatic N) is 2. The molecule has 0 bridgehead atoms. The Balaban J connectivity index is 2.14. The zero-order chi connectivity index (χ0) is 13.0. The van der Waals surface area contributed by atoms with E-state index in [0.717, 1.165) is 0 Å². The Morgan fingerprint density at radius 3 is 2.94 bits per heavy atom. The Morgan fingerprint density at radius 1 is 1.39 bits per heavy atom. The number of halogens is 2. The van der Waals surface area contributed by atoms with Crippen molar-refractivity contribution in [1.82, 2.24) is 4.98 Å². The van der Waals surface area contributed by atoms with E-state index in [1.165, 1.54) is 24.4 Å². The number of pyridine rings is 1.